The largest absolute Gasteiger partial charge is 0.495 e. The van der Waals surface area contributed by atoms with E-state index in [4.69, 9.17) is 4.74 Å². The minimum Gasteiger partial charge on any atom is -0.495 e. The van der Waals surface area contributed by atoms with Crippen molar-refractivity contribution in [3.8, 4) is 5.75 Å². The van der Waals surface area contributed by atoms with Crippen molar-refractivity contribution in [2.75, 3.05) is 25.6 Å². The molecular formula is C20H28N2O. The van der Waals surface area contributed by atoms with Gasteiger partial charge in [-0.15, -0.1) is 0 Å². The fourth-order valence-electron chi connectivity index (χ4n) is 2.89. The molecule has 0 aromatic heterocycles. The maximum absolute atomic E-state index is 5.52. The molecule has 2 atom stereocenters. The highest BCUT2D eigenvalue weighted by Gasteiger charge is 2.24. The average molecular weight is 312 g/mol. The van der Waals surface area contributed by atoms with E-state index in [0.29, 0.717) is 6.04 Å². The first-order chi connectivity index (χ1) is 11.2. The lowest BCUT2D eigenvalue weighted by molar-refractivity contribution is 0.407. The molecule has 0 saturated heterocycles. The summed E-state index contributed by atoms with van der Waals surface area (Å²) < 4.78 is 5.52. The highest BCUT2D eigenvalue weighted by molar-refractivity contribution is 5.58. The third kappa shape index (κ3) is 4.26. The standard InChI is InChI=1S/C20H28N2O/c1-5-15-21-20(17-11-7-6-8-12-17)16(2)22(3)18-13-9-10-14-19(18)23-4/h6-14,16,20-21H,5,15H2,1-4H3/t16-,20-/m0/s1. The number of methoxy groups -OCH3 is 1. The Morgan fingerprint density at radius 3 is 2.35 bits per heavy atom. The fraction of sp³-hybridized carbons (Fsp3) is 0.400. The number of ether oxygens (including phenoxy) is 1. The second kappa shape index (κ2) is 8.59. The summed E-state index contributed by atoms with van der Waals surface area (Å²) in [6.45, 7) is 5.46. The maximum Gasteiger partial charge on any atom is 0.142 e. The summed E-state index contributed by atoms with van der Waals surface area (Å²) in [4.78, 5) is 2.29. The van der Waals surface area contributed by atoms with Crippen molar-refractivity contribution in [3.63, 3.8) is 0 Å². The number of para-hydroxylation sites is 2. The van der Waals surface area contributed by atoms with Gasteiger partial charge >= 0.3 is 0 Å². The van der Waals surface area contributed by atoms with Crippen LogP contribution in [0.2, 0.25) is 0 Å². The first kappa shape index (κ1) is 17.4. The van der Waals surface area contributed by atoms with Crippen molar-refractivity contribution in [1.29, 1.82) is 0 Å². The number of nitrogens with one attached hydrogen (secondary N) is 1. The highest BCUT2D eigenvalue weighted by Crippen LogP contribution is 2.31. The first-order valence-electron chi connectivity index (χ1n) is 8.33. The molecule has 0 aliphatic heterocycles. The number of likely N-dealkylation sites (N-methyl/N-ethyl adjacent to an activating group) is 1. The monoisotopic (exact) mass is 312 g/mol. The highest BCUT2D eigenvalue weighted by atomic mass is 16.5. The summed E-state index contributed by atoms with van der Waals surface area (Å²) in [6, 6.07) is 19.4. The lowest BCUT2D eigenvalue weighted by Gasteiger charge is -2.35. The van der Waals surface area contributed by atoms with E-state index in [1.165, 1.54) is 5.56 Å². The van der Waals surface area contributed by atoms with E-state index in [-0.39, 0.29) is 6.04 Å². The molecule has 0 saturated carbocycles. The third-order valence-corrected chi connectivity index (χ3v) is 4.33. The van der Waals surface area contributed by atoms with Gasteiger partial charge in [0.1, 0.15) is 5.75 Å². The van der Waals surface area contributed by atoms with Crippen molar-refractivity contribution in [3.05, 3.63) is 60.2 Å². The van der Waals surface area contributed by atoms with Gasteiger partial charge in [0, 0.05) is 13.1 Å². The van der Waals surface area contributed by atoms with Gasteiger partial charge in [-0.1, -0.05) is 49.4 Å². The van der Waals surface area contributed by atoms with Crippen LogP contribution in [0.5, 0.6) is 5.75 Å². The van der Waals surface area contributed by atoms with Crippen molar-refractivity contribution in [2.45, 2.75) is 32.4 Å². The van der Waals surface area contributed by atoms with Crippen LogP contribution >= 0.6 is 0 Å². The second-order valence-electron chi connectivity index (χ2n) is 5.87. The molecule has 3 heteroatoms. The van der Waals surface area contributed by atoms with Crippen molar-refractivity contribution < 1.29 is 4.74 Å². The van der Waals surface area contributed by atoms with Crippen LogP contribution in [0.3, 0.4) is 0 Å². The Kier molecular flexibility index (Phi) is 6.48. The molecule has 23 heavy (non-hydrogen) atoms. The molecule has 0 heterocycles. The average Bonchev–Trinajstić information content (AvgIpc) is 2.62. The fourth-order valence-corrected chi connectivity index (χ4v) is 2.89. The minimum absolute atomic E-state index is 0.270. The van der Waals surface area contributed by atoms with E-state index in [9.17, 15) is 0 Å². The van der Waals surface area contributed by atoms with Gasteiger partial charge in [0.15, 0.2) is 0 Å². The summed E-state index contributed by atoms with van der Waals surface area (Å²) in [5.74, 6) is 0.907. The molecule has 0 amide bonds. The van der Waals surface area contributed by atoms with Gasteiger partial charge in [-0.05, 0) is 37.6 Å². The summed E-state index contributed by atoms with van der Waals surface area (Å²) in [5.41, 5.74) is 2.43. The molecule has 0 aliphatic carbocycles. The Bertz CT molecular complexity index is 585. The molecule has 124 valence electrons. The Labute approximate surface area is 140 Å². The summed E-state index contributed by atoms with van der Waals surface area (Å²) in [7, 11) is 3.85. The zero-order valence-electron chi connectivity index (χ0n) is 14.6. The molecule has 0 aliphatic rings. The van der Waals surface area contributed by atoms with E-state index in [1.807, 2.05) is 12.1 Å². The van der Waals surface area contributed by atoms with Gasteiger partial charge in [0.2, 0.25) is 0 Å². The Hall–Kier alpha value is -2.00. The van der Waals surface area contributed by atoms with Crippen LogP contribution in [0.15, 0.2) is 54.6 Å². The number of nitrogens with zero attached hydrogens (tertiary/aromatic N) is 1. The van der Waals surface area contributed by atoms with Crippen LogP contribution in [0.25, 0.3) is 0 Å². The molecule has 2 aromatic carbocycles. The Balaban J connectivity index is 2.27. The number of anilines is 1. The first-order valence-corrected chi connectivity index (χ1v) is 8.33. The SMILES string of the molecule is CCCN[C@H](c1ccccc1)[C@H](C)N(C)c1ccccc1OC. The van der Waals surface area contributed by atoms with Crippen LogP contribution in [0, 0.1) is 0 Å². The van der Waals surface area contributed by atoms with E-state index < -0.39 is 0 Å². The number of hydrogen-bond donors (Lipinski definition) is 1. The molecule has 0 bridgehead atoms. The predicted molar refractivity (Wildman–Crippen MR) is 98.3 cm³/mol. The summed E-state index contributed by atoms with van der Waals surface area (Å²) in [6.07, 6.45) is 1.12. The van der Waals surface area contributed by atoms with E-state index >= 15 is 0 Å². The van der Waals surface area contributed by atoms with E-state index in [2.05, 4.69) is 73.6 Å². The lowest BCUT2D eigenvalue weighted by atomic mass is 9.98. The van der Waals surface area contributed by atoms with Gasteiger partial charge in [-0.2, -0.15) is 0 Å². The van der Waals surface area contributed by atoms with Crippen LogP contribution in [-0.4, -0.2) is 26.7 Å². The zero-order valence-corrected chi connectivity index (χ0v) is 14.6. The van der Waals surface area contributed by atoms with E-state index in [1.54, 1.807) is 7.11 Å². The molecule has 2 rings (SSSR count). The van der Waals surface area contributed by atoms with E-state index in [0.717, 1.165) is 24.4 Å². The summed E-state index contributed by atoms with van der Waals surface area (Å²) >= 11 is 0. The topological polar surface area (TPSA) is 24.5 Å². The van der Waals surface area contributed by atoms with Gasteiger partial charge in [-0.3, -0.25) is 0 Å². The maximum atomic E-state index is 5.52. The Morgan fingerprint density at radius 2 is 1.70 bits per heavy atom. The number of hydrogen-bond acceptors (Lipinski definition) is 3. The minimum atomic E-state index is 0.270. The molecule has 0 spiro atoms. The number of rotatable bonds is 8. The van der Waals surface area contributed by atoms with Crippen LogP contribution in [-0.2, 0) is 0 Å². The summed E-state index contributed by atoms with van der Waals surface area (Å²) in [5, 5.41) is 3.69. The third-order valence-electron chi connectivity index (χ3n) is 4.33. The molecule has 0 fully saturated rings. The van der Waals surface area contributed by atoms with Crippen molar-refractivity contribution in [1.82, 2.24) is 5.32 Å². The smallest absolute Gasteiger partial charge is 0.142 e. The molecule has 3 nitrogen and oxygen atoms in total. The molecule has 1 N–H and O–H groups in total. The van der Waals surface area contributed by atoms with Gasteiger partial charge in [0.25, 0.3) is 0 Å². The predicted octanol–water partition coefficient (Wildman–Crippen LogP) is 4.26. The quantitative estimate of drug-likeness (QED) is 0.788. The Morgan fingerprint density at radius 1 is 1.04 bits per heavy atom. The molecule has 2 aromatic rings. The second-order valence-corrected chi connectivity index (χ2v) is 5.87. The molecule has 0 radical (unpaired) electrons. The van der Waals surface area contributed by atoms with Gasteiger partial charge in [0.05, 0.1) is 18.8 Å². The van der Waals surface area contributed by atoms with Crippen LogP contribution < -0.4 is 15.0 Å². The normalized spacial score (nSPS) is 13.4. The number of benzene rings is 2. The van der Waals surface area contributed by atoms with Crippen LogP contribution in [0.1, 0.15) is 31.9 Å². The van der Waals surface area contributed by atoms with Gasteiger partial charge < -0.3 is 15.0 Å². The molecule has 0 unspecified atom stereocenters. The van der Waals surface area contributed by atoms with Crippen LogP contribution in [0.4, 0.5) is 5.69 Å². The lowest BCUT2D eigenvalue weighted by Crippen LogP contribution is -2.41. The molecular weight excluding hydrogens is 284 g/mol. The van der Waals surface area contributed by atoms with Crippen molar-refractivity contribution >= 4 is 5.69 Å². The zero-order chi connectivity index (χ0) is 16.7. The van der Waals surface area contributed by atoms with Crippen molar-refractivity contribution in [2.24, 2.45) is 0 Å². The van der Waals surface area contributed by atoms with Gasteiger partial charge in [-0.25, -0.2) is 0 Å².